The SMILES string of the molecule is CCS(=O)(=O)NC[C@H]1CC(=O)N(c2ccc(Cl)cc2)C1. The van der Waals surface area contributed by atoms with E-state index in [-0.39, 0.29) is 17.6 Å². The maximum Gasteiger partial charge on any atom is 0.227 e. The number of nitrogens with one attached hydrogen (secondary N) is 1. The molecule has 7 heteroatoms. The van der Waals surface area contributed by atoms with Crippen LogP contribution in [0.3, 0.4) is 0 Å². The number of amides is 1. The lowest BCUT2D eigenvalue weighted by atomic mass is 10.1. The highest BCUT2D eigenvalue weighted by atomic mass is 35.5. The van der Waals surface area contributed by atoms with Crippen LogP contribution >= 0.6 is 11.6 Å². The van der Waals surface area contributed by atoms with Crippen molar-refractivity contribution < 1.29 is 13.2 Å². The Hall–Kier alpha value is -1.11. The van der Waals surface area contributed by atoms with Crippen molar-refractivity contribution in [3.63, 3.8) is 0 Å². The van der Waals surface area contributed by atoms with Crippen molar-refractivity contribution in [3.8, 4) is 0 Å². The van der Waals surface area contributed by atoms with Crippen molar-refractivity contribution in [2.45, 2.75) is 13.3 Å². The van der Waals surface area contributed by atoms with Gasteiger partial charge in [0.15, 0.2) is 0 Å². The van der Waals surface area contributed by atoms with Gasteiger partial charge in [-0.15, -0.1) is 0 Å². The Kier molecular flexibility index (Phi) is 4.67. The summed E-state index contributed by atoms with van der Waals surface area (Å²) in [5, 5.41) is 0.618. The van der Waals surface area contributed by atoms with Crippen molar-refractivity contribution in [1.29, 1.82) is 0 Å². The Morgan fingerprint density at radius 2 is 2.00 bits per heavy atom. The predicted molar refractivity (Wildman–Crippen MR) is 79.4 cm³/mol. The number of hydrogen-bond donors (Lipinski definition) is 1. The molecule has 2 rings (SSSR count). The maximum atomic E-state index is 12.0. The molecule has 1 aromatic rings. The van der Waals surface area contributed by atoms with Crippen LogP contribution in [0.2, 0.25) is 5.02 Å². The minimum absolute atomic E-state index is 0.000460. The smallest absolute Gasteiger partial charge is 0.227 e. The molecule has 1 heterocycles. The van der Waals surface area contributed by atoms with E-state index in [0.29, 0.717) is 24.5 Å². The monoisotopic (exact) mass is 316 g/mol. The van der Waals surface area contributed by atoms with E-state index in [4.69, 9.17) is 11.6 Å². The number of benzene rings is 1. The molecule has 20 heavy (non-hydrogen) atoms. The third-order valence-corrected chi connectivity index (χ3v) is 4.93. The van der Waals surface area contributed by atoms with Gasteiger partial charge in [0.2, 0.25) is 15.9 Å². The average molecular weight is 317 g/mol. The summed E-state index contributed by atoms with van der Waals surface area (Å²) in [6.45, 7) is 2.40. The Morgan fingerprint density at radius 3 is 2.60 bits per heavy atom. The van der Waals surface area contributed by atoms with Crippen LogP contribution in [0, 0.1) is 5.92 Å². The third kappa shape index (κ3) is 3.71. The summed E-state index contributed by atoms with van der Waals surface area (Å²) < 4.78 is 25.3. The van der Waals surface area contributed by atoms with Gasteiger partial charge in [0.05, 0.1) is 5.75 Å². The Labute approximate surface area is 124 Å². The van der Waals surface area contributed by atoms with E-state index in [0.717, 1.165) is 5.69 Å². The standard InChI is InChI=1S/C13H17ClN2O3S/c1-2-20(18,19)15-8-10-7-13(17)16(9-10)12-5-3-11(14)4-6-12/h3-6,10,15H,2,7-9H2,1H3/t10-/m1/s1. The first-order valence-electron chi connectivity index (χ1n) is 6.44. The van der Waals surface area contributed by atoms with Gasteiger partial charge in [0, 0.05) is 30.2 Å². The van der Waals surface area contributed by atoms with E-state index in [9.17, 15) is 13.2 Å². The lowest BCUT2D eigenvalue weighted by Gasteiger charge is -2.17. The molecule has 0 unspecified atom stereocenters. The molecular formula is C13H17ClN2O3S. The number of hydrogen-bond acceptors (Lipinski definition) is 3. The molecule has 1 fully saturated rings. The van der Waals surface area contributed by atoms with Crippen LogP contribution in [-0.2, 0) is 14.8 Å². The summed E-state index contributed by atoms with van der Waals surface area (Å²) in [7, 11) is -3.21. The van der Waals surface area contributed by atoms with Gasteiger partial charge >= 0.3 is 0 Å². The van der Waals surface area contributed by atoms with Gasteiger partial charge in [0.1, 0.15) is 0 Å². The zero-order valence-electron chi connectivity index (χ0n) is 11.2. The summed E-state index contributed by atoms with van der Waals surface area (Å²) >= 11 is 5.82. The Bertz CT molecular complexity index is 586. The molecule has 1 aromatic carbocycles. The van der Waals surface area contributed by atoms with E-state index in [1.807, 2.05) is 0 Å². The molecule has 1 N–H and O–H groups in total. The van der Waals surface area contributed by atoms with Crippen molar-refractivity contribution in [1.82, 2.24) is 4.72 Å². The molecule has 1 atom stereocenters. The number of carbonyl (C=O) groups is 1. The molecular weight excluding hydrogens is 300 g/mol. The van der Waals surface area contributed by atoms with E-state index < -0.39 is 10.0 Å². The minimum atomic E-state index is -3.21. The summed E-state index contributed by atoms with van der Waals surface area (Å²) in [5.74, 6) is 0.0571. The molecule has 0 aromatic heterocycles. The molecule has 1 aliphatic heterocycles. The number of nitrogens with zero attached hydrogens (tertiary/aromatic N) is 1. The van der Waals surface area contributed by atoms with Gasteiger partial charge in [-0.05, 0) is 37.1 Å². The Balaban J connectivity index is 1.99. The lowest BCUT2D eigenvalue weighted by Crippen LogP contribution is -2.32. The van der Waals surface area contributed by atoms with Gasteiger partial charge in [-0.25, -0.2) is 13.1 Å². The van der Waals surface area contributed by atoms with Crippen LogP contribution in [-0.4, -0.2) is 33.2 Å². The van der Waals surface area contributed by atoms with E-state index in [1.54, 1.807) is 36.1 Å². The van der Waals surface area contributed by atoms with E-state index >= 15 is 0 Å². The van der Waals surface area contributed by atoms with E-state index in [1.165, 1.54) is 0 Å². The van der Waals surface area contributed by atoms with Crippen molar-refractivity contribution in [2.24, 2.45) is 5.92 Å². The summed E-state index contributed by atoms with van der Waals surface area (Å²) in [6.07, 6.45) is 0.356. The molecule has 110 valence electrons. The number of rotatable bonds is 5. The highest BCUT2D eigenvalue weighted by Gasteiger charge is 2.31. The second-order valence-corrected chi connectivity index (χ2v) is 7.33. The fraction of sp³-hybridized carbons (Fsp3) is 0.462. The fourth-order valence-corrected chi connectivity index (χ4v) is 2.96. The average Bonchev–Trinajstić information content (AvgIpc) is 2.79. The quantitative estimate of drug-likeness (QED) is 0.898. The normalized spacial score (nSPS) is 19.6. The molecule has 0 aliphatic carbocycles. The van der Waals surface area contributed by atoms with Crippen LogP contribution in [0.15, 0.2) is 24.3 Å². The van der Waals surface area contributed by atoms with Gasteiger partial charge < -0.3 is 4.90 Å². The van der Waals surface area contributed by atoms with Crippen LogP contribution < -0.4 is 9.62 Å². The second-order valence-electron chi connectivity index (χ2n) is 4.80. The minimum Gasteiger partial charge on any atom is -0.312 e. The third-order valence-electron chi connectivity index (χ3n) is 3.32. The Morgan fingerprint density at radius 1 is 1.35 bits per heavy atom. The first kappa shape index (κ1) is 15.3. The van der Waals surface area contributed by atoms with Crippen molar-refractivity contribution in [2.75, 3.05) is 23.7 Å². The molecule has 1 amide bonds. The largest absolute Gasteiger partial charge is 0.312 e. The van der Waals surface area contributed by atoms with Crippen LogP contribution in [0.25, 0.3) is 0 Å². The van der Waals surface area contributed by atoms with Crippen molar-refractivity contribution in [3.05, 3.63) is 29.3 Å². The molecule has 0 spiro atoms. The molecule has 0 radical (unpaired) electrons. The van der Waals surface area contributed by atoms with Gasteiger partial charge in [-0.3, -0.25) is 4.79 Å². The summed E-state index contributed by atoms with van der Waals surface area (Å²) in [4.78, 5) is 13.6. The maximum absolute atomic E-state index is 12.0. The zero-order valence-corrected chi connectivity index (χ0v) is 12.7. The van der Waals surface area contributed by atoms with Crippen LogP contribution in [0.5, 0.6) is 0 Å². The van der Waals surface area contributed by atoms with Gasteiger partial charge in [-0.1, -0.05) is 11.6 Å². The fourth-order valence-electron chi connectivity index (χ4n) is 2.14. The topological polar surface area (TPSA) is 66.5 Å². The molecule has 1 aliphatic rings. The predicted octanol–water partition coefficient (Wildman–Crippen LogP) is 1.63. The first-order chi connectivity index (χ1) is 9.41. The zero-order chi connectivity index (χ0) is 14.8. The second kappa shape index (κ2) is 6.11. The van der Waals surface area contributed by atoms with Gasteiger partial charge in [-0.2, -0.15) is 0 Å². The summed E-state index contributed by atoms with van der Waals surface area (Å²) in [5.41, 5.74) is 0.792. The lowest BCUT2D eigenvalue weighted by molar-refractivity contribution is -0.117. The number of halogens is 1. The number of carbonyl (C=O) groups excluding carboxylic acids is 1. The van der Waals surface area contributed by atoms with Gasteiger partial charge in [0.25, 0.3) is 0 Å². The highest BCUT2D eigenvalue weighted by molar-refractivity contribution is 7.89. The van der Waals surface area contributed by atoms with Crippen LogP contribution in [0.4, 0.5) is 5.69 Å². The molecule has 0 saturated carbocycles. The first-order valence-corrected chi connectivity index (χ1v) is 8.47. The van der Waals surface area contributed by atoms with Crippen LogP contribution in [0.1, 0.15) is 13.3 Å². The number of sulfonamides is 1. The number of anilines is 1. The molecule has 5 nitrogen and oxygen atoms in total. The molecule has 0 bridgehead atoms. The van der Waals surface area contributed by atoms with Crippen molar-refractivity contribution >= 4 is 33.2 Å². The summed E-state index contributed by atoms with van der Waals surface area (Å²) in [6, 6.07) is 7.05. The highest BCUT2D eigenvalue weighted by Crippen LogP contribution is 2.25. The van der Waals surface area contributed by atoms with E-state index in [2.05, 4.69) is 4.72 Å². The molecule has 1 saturated heterocycles.